The minimum atomic E-state index is -0.961. The van der Waals surface area contributed by atoms with Crippen LogP contribution in [-0.2, 0) is 36.1 Å². The number of aliphatic carboxylic acids is 3. The molecule has 6 nitrogen and oxygen atoms in total. The van der Waals surface area contributed by atoms with E-state index in [1.807, 2.05) is 0 Å². The Morgan fingerprint density at radius 2 is 0.789 bits per heavy atom. The summed E-state index contributed by atoms with van der Waals surface area (Å²) in [5.41, 5.74) is 0. The van der Waals surface area contributed by atoms with E-state index in [0.29, 0.717) is 19.3 Å². The molecular weight excluding hydrogens is 288 g/mol. The quantitative estimate of drug-likeness (QED) is 0.557. The third kappa shape index (κ3) is 59.3. The van der Waals surface area contributed by atoms with E-state index in [1.54, 1.807) is 20.8 Å². The number of rotatable bonds is 6. The Hall–Kier alpha value is -0.876. The molecule has 0 heterocycles. The number of hydrogen-bond acceptors (Lipinski definition) is 6. The van der Waals surface area contributed by atoms with Gasteiger partial charge >= 0.3 is 21.7 Å². The fourth-order valence-corrected chi connectivity index (χ4v) is 0.612. The van der Waals surface area contributed by atoms with Gasteiger partial charge in [0, 0.05) is 17.9 Å². The first-order chi connectivity index (χ1) is 8.31. The average Bonchev–Trinajstić information content (AvgIpc) is 2.18. The van der Waals surface area contributed by atoms with Crippen LogP contribution in [0.3, 0.4) is 0 Å². The molecule has 19 heavy (non-hydrogen) atoms. The van der Waals surface area contributed by atoms with Crippen molar-refractivity contribution in [3.63, 3.8) is 0 Å². The van der Waals surface area contributed by atoms with E-state index < -0.39 is 17.9 Å². The normalized spacial score (nSPS) is 7.74. The van der Waals surface area contributed by atoms with E-state index in [2.05, 4.69) is 0 Å². The molecule has 0 aliphatic rings. The Morgan fingerprint density at radius 3 is 0.789 bits per heavy atom. The second kappa shape index (κ2) is 22.3. The third-order valence-electron chi connectivity index (χ3n) is 1.36. The fraction of sp³-hybridized carbons (Fsp3) is 0.750. The minimum Gasteiger partial charge on any atom is -0.550 e. The third-order valence-corrected chi connectivity index (χ3v) is 1.36. The van der Waals surface area contributed by atoms with E-state index in [0.717, 1.165) is 0 Å². The summed E-state index contributed by atoms with van der Waals surface area (Å²) in [6.45, 7) is 5.40. The largest absolute Gasteiger partial charge is 3.00 e. The summed E-state index contributed by atoms with van der Waals surface area (Å²) in [5.74, 6) is -2.88. The summed E-state index contributed by atoms with van der Waals surface area (Å²) in [4.78, 5) is 28.5. The van der Waals surface area contributed by atoms with E-state index in [9.17, 15) is 29.7 Å². The van der Waals surface area contributed by atoms with Crippen LogP contribution in [0.5, 0.6) is 0 Å². The minimum absolute atomic E-state index is 0. The molecule has 0 aromatic carbocycles. The molecule has 0 saturated carbocycles. The van der Waals surface area contributed by atoms with Crippen molar-refractivity contribution in [1.82, 2.24) is 0 Å². The maximum Gasteiger partial charge on any atom is 3.00 e. The molecule has 0 fully saturated rings. The van der Waals surface area contributed by atoms with E-state index >= 15 is 0 Å². The molecule has 0 amide bonds. The van der Waals surface area contributed by atoms with Gasteiger partial charge in [0.15, 0.2) is 0 Å². The van der Waals surface area contributed by atoms with Gasteiger partial charge in [0.05, 0.1) is 0 Å². The van der Waals surface area contributed by atoms with Crippen LogP contribution in [0.2, 0.25) is 0 Å². The van der Waals surface area contributed by atoms with E-state index in [1.165, 1.54) is 0 Å². The van der Waals surface area contributed by atoms with Crippen molar-refractivity contribution in [1.29, 1.82) is 0 Å². The van der Waals surface area contributed by atoms with E-state index in [4.69, 9.17) is 0 Å². The summed E-state index contributed by atoms with van der Waals surface area (Å²) in [7, 11) is 0. The molecular formula is C12H21O6Ti. The molecule has 1 radical (unpaired) electrons. The molecule has 0 atom stereocenters. The second-order valence-corrected chi connectivity index (χ2v) is 3.37. The van der Waals surface area contributed by atoms with Gasteiger partial charge in [0.2, 0.25) is 0 Å². The van der Waals surface area contributed by atoms with Crippen molar-refractivity contribution >= 4 is 17.9 Å². The van der Waals surface area contributed by atoms with Crippen LogP contribution in [0.1, 0.15) is 59.3 Å². The number of carboxylic acid groups (broad SMARTS) is 3. The zero-order valence-corrected chi connectivity index (χ0v) is 13.3. The predicted molar refractivity (Wildman–Crippen MR) is 59.7 cm³/mol. The van der Waals surface area contributed by atoms with Gasteiger partial charge in [-0.1, -0.05) is 40.0 Å². The van der Waals surface area contributed by atoms with Crippen LogP contribution < -0.4 is 15.3 Å². The van der Waals surface area contributed by atoms with Gasteiger partial charge in [-0.2, -0.15) is 0 Å². The van der Waals surface area contributed by atoms with Crippen LogP contribution in [0.4, 0.5) is 0 Å². The van der Waals surface area contributed by atoms with Crippen molar-refractivity contribution in [2.24, 2.45) is 0 Å². The Kier molecular flexibility index (Phi) is 31.3. The molecule has 0 N–H and O–H groups in total. The van der Waals surface area contributed by atoms with Gasteiger partial charge in [0.1, 0.15) is 0 Å². The molecule has 0 bridgehead atoms. The van der Waals surface area contributed by atoms with E-state index in [-0.39, 0.29) is 41.0 Å². The average molecular weight is 309 g/mol. The Labute approximate surface area is 129 Å². The van der Waals surface area contributed by atoms with Crippen molar-refractivity contribution in [2.75, 3.05) is 0 Å². The molecule has 0 aromatic heterocycles. The zero-order chi connectivity index (χ0) is 15.0. The van der Waals surface area contributed by atoms with Gasteiger partial charge in [-0.05, 0) is 19.3 Å². The Morgan fingerprint density at radius 1 is 0.632 bits per heavy atom. The molecule has 7 heteroatoms. The Balaban J connectivity index is -0.0000000865. The first-order valence-electron chi connectivity index (χ1n) is 5.91. The Bertz CT molecular complexity index is 192. The van der Waals surface area contributed by atoms with Crippen molar-refractivity contribution in [2.45, 2.75) is 59.3 Å². The molecule has 0 spiro atoms. The summed E-state index contributed by atoms with van der Waals surface area (Å²) in [6.07, 6.45) is 2.55. The van der Waals surface area contributed by atoms with Gasteiger partial charge in [0.25, 0.3) is 0 Å². The van der Waals surface area contributed by atoms with Crippen LogP contribution in [0.25, 0.3) is 0 Å². The van der Waals surface area contributed by atoms with Crippen molar-refractivity contribution in [3.8, 4) is 0 Å². The molecule has 0 unspecified atom stereocenters. The standard InChI is InChI=1S/3C4H8O2.Ti/c3*1-2-3-4(5)6;/h3*2-3H2,1H3,(H,5,6);/q;;;+3/p-3. The molecule has 0 aromatic rings. The van der Waals surface area contributed by atoms with Crippen LogP contribution >= 0.6 is 0 Å². The predicted octanol–water partition coefficient (Wildman–Crippen LogP) is -1.39. The zero-order valence-electron chi connectivity index (χ0n) is 11.7. The van der Waals surface area contributed by atoms with Crippen molar-refractivity contribution < 1.29 is 51.4 Å². The summed E-state index contributed by atoms with van der Waals surface area (Å²) < 4.78 is 0. The number of carboxylic acids is 3. The molecule has 0 saturated heterocycles. The SMILES string of the molecule is CCCC(=O)[O-].CCCC(=O)[O-].CCCC(=O)[O-].[Ti+3]. The topological polar surface area (TPSA) is 120 Å². The second-order valence-electron chi connectivity index (χ2n) is 3.37. The monoisotopic (exact) mass is 309 g/mol. The van der Waals surface area contributed by atoms with Gasteiger partial charge in [-0.3, -0.25) is 0 Å². The van der Waals surface area contributed by atoms with Crippen LogP contribution in [0, 0.1) is 0 Å². The summed E-state index contributed by atoms with van der Waals surface area (Å²) in [6, 6.07) is 0. The van der Waals surface area contributed by atoms with Gasteiger partial charge in [-0.25, -0.2) is 0 Å². The summed E-state index contributed by atoms with van der Waals surface area (Å²) >= 11 is 0. The van der Waals surface area contributed by atoms with Gasteiger partial charge < -0.3 is 29.7 Å². The molecule has 109 valence electrons. The smallest absolute Gasteiger partial charge is 0.550 e. The first kappa shape index (κ1) is 26.6. The van der Waals surface area contributed by atoms with Gasteiger partial charge in [-0.15, -0.1) is 0 Å². The van der Waals surface area contributed by atoms with Crippen LogP contribution in [0.15, 0.2) is 0 Å². The van der Waals surface area contributed by atoms with Crippen molar-refractivity contribution in [3.05, 3.63) is 0 Å². The number of carbonyl (C=O) groups is 3. The fourth-order valence-electron chi connectivity index (χ4n) is 0.612. The molecule has 0 aliphatic heterocycles. The molecule has 0 rings (SSSR count). The van der Waals surface area contributed by atoms with Crippen LogP contribution in [-0.4, -0.2) is 17.9 Å². The number of carbonyl (C=O) groups excluding carboxylic acids is 3. The first-order valence-corrected chi connectivity index (χ1v) is 5.91. The maximum absolute atomic E-state index is 9.49. The molecule has 0 aliphatic carbocycles. The number of hydrogen-bond donors (Lipinski definition) is 0. The summed E-state index contributed by atoms with van der Waals surface area (Å²) in [5, 5.41) is 28.5. The maximum atomic E-state index is 9.49.